The van der Waals surface area contributed by atoms with Crippen LogP contribution in [-0.2, 0) is 11.3 Å². The topological polar surface area (TPSA) is 58.4 Å². The molecule has 1 atom stereocenters. The molecule has 1 heterocycles. The molecule has 0 aromatic heterocycles. The number of halogens is 1. The second-order valence-electron chi connectivity index (χ2n) is 5.26. The molecule has 5 heteroatoms. The van der Waals surface area contributed by atoms with Crippen LogP contribution in [0.25, 0.3) is 0 Å². The van der Waals surface area contributed by atoms with Gasteiger partial charge in [0.15, 0.2) is 0 Å². The third-order valence-electron chi connectivity index (χ3n) is 3.86. The van der Waals surface area contributed by atoms with Crippen LogP contribution in [0, 0.1) is 11.2 Å². The minimum absolute atomic E-state index is 0.000591. The van der Waals surface area contributed by atoms with Gasteiger partial charge in [-0.05, 0) is 25.0 Å². The van der Waals surface area contributed by atoms with Gasteiger partial charge in [-0.25, -0.2) is 4.39 Å². The van der Waals surface area contributed by atoms with Gasteiger partial charge in [-0.3, -0.25) is 4.79 Å². The Morgan fingerprint density at radius 2 is 2.32 bits per heavy atom. The van der Waals surface area contributed by atoms with Gasteiger partial charge in [0.05, 0.1) is 11.1 Å². The molecule has 1 aromatic rings. The van der Waals surface area contributed by atoms with Gasteiger partial charge >= 0.3 is 0 Å². The molecule has 0 aliphatic carbocycles. The van der Waals surface area contributed by atoms with E-state index in [1.54, 1.807) is 13.1 Å². The van der Waals surface area contributed by atoms with E-state index in [0.717, 1.165) is 5.56 Å². The SMILES string of the molecule is CNC(=O)C1(C)CCN(c2c(F)cccc2CN)C1. The maximum Gasteiger partial charge on any atom is 0.227 e. The number of nitrogens with two attached hydrogens (primary N) is 1. The Bertz CT molecular complexity index is 492. The highest BCUT2D eigenvalue weighted by atomic mass is 19.1. The van der Waals surface area contributed by atoms with Gasteiger partial charge in [-0.2, -0.15) is 0 Å². The predicted octanol–water partition coefficient (Wildman–Crippen LogP) is 1.25. The van der Waals surface area contributed by atoms with Crippen molar-refractivity contribution in [3.05, 3.63) is 29.6 Å². The van der Waals surface area contributed by atoms with Crippen molar-refractivity contribution in [2.75, 3.05) is 25.0 Å². The number of benzene rings is 1. The quantitative estimate of drug-likeness (QED) is 0.864. The summed E-state index contributed by atoms with van der Waals surface area (Å²) in [5, 5.41) is 2.68. The summed E-state index contributed by atoms with van der Waals surface area (Å²) in [4.78, 5) is 13.8. The molecular weight excluding hydrogens is 245 g/mol. The van der Waals surface area contributed by atoms with Crippen LogP contribution in [0.15, 0.2) is 18.2 Å². The van der Waals surface area contributed by atoms with E-state index in [-0.39, 0.29) is 11.7 Å². The summed E-state index contributed by atoms with van der Waals surface area (Å²) < 4.78 is 14.0. The molecule has 1 amide bonds. The lowest BCUT2D eigenvalue weighted by Crippen LogP contribution is -2.39. The summed E-state index contributed by atoms with van der Waals surface area (Å²) in [5.41, 5.74) is 6.52. The first-order valence-corrected chi connectivity index (χ1v) is 6.46. The number of carbonyl (C=O) groups excluding carboxylic acids is 1. The maximum atomic E-state index is 14.0. The van der Waals surface area contributed by atoms with E-state index in [9.17, 15) is 9.18 Å². The fourth-order valence-electron chi connectivity index (χ4n) is 2.72. The molecule has 3 N–H and O–H groups in total. The molecule has 1 aromatic carbocycles. The zero-order valence-corrected chi connectivity index (χ0v) is 11.4. The van der Waals surface area contributed by atoms with Gasteiger partial charge in [0, 0.05) is 26.7 Å². The van der Waals surface area contributed by atoms with Crippen molar-refractivity contribution in [3.8, 4) is 0 Å². The standard InChI is InChI=1S/C14H20FN3O/c1-14(13(19)17-2)6-7-18(9-14)12-10(8-16)4-3-5-11(12)15/h3-5H,6-9,16H2,1-2H3,(H,17,19). The molecule has 104 valence electrons. The van der Waals surface area contributed by atoms with Crippen LogP contribution in [0.5, 0.6) is 0 Å². The highest BCUT2D eigenvalue weighted by Crippen LogP contribution is 2.36. The summed E-state index contributed by atoms with van der Waals surface area (Å²) in [5.74, 6) is -0.273. The lowest BCUT2D eigenvalue weighted by Gasteiger charge is -2.25. The average molecular weight is 265 g/mol. The number of rotatable bonds is 3. The summed E-state index contributed by atoms with van der Waals surface area (Å²) in [7, 11) is 1.63. The van der Waals surface area contributed by atoms with Crippen LogP contribution in [0.1, 0.15) is 18.9 Å². The van der Waals surface area contributed by atoms with Crippen molar-refractivity contribution in [1.29, 1.82) is 0 Å². The third kappa shape index (κ3) is 2.42. The number of amides is 1. The first kappa shape index (κ1) is 13.8. The summed E-state index contributed by atoms with van der Waals surface area (Å²) in [6, 6.07) is 4.92. The van der Waals surface area contributed by atoms with E-state index in [1.165, 1.54) is 6.07 Å². The number of hydrogen-bond acceptors (Lipinski definition) is 3. The number of nitrogens with zero attached hydrogens (tertiary/aromatic N) is 1. The van der Waals surface area contributed by atoms with E-state index in [2.05, 4.69) is 5.32 Å². The molecule has 1 fully saturated rings. The summed E-state index contributed by atoms with van der Waals surface area (Å²) in [6.07, 6.45) is 0.713. The fraction of sp³-hybridized carbons (Fsp3) is 0.500. The van der Waals surface area contributed by atoms with Crippen LogP contribution in [0.2, 0.25) is 0 Å². The first-order valence-electron chi connectivity index (χ1n) is 6.46. The molecule has 1 aliphatic heterocycles. The number of nitrogens with one attached hydrogen (secondary N) is 1. The highest BCUT2D eigenvalue weighted by Gasteiger charge is 2.40. The normalized spacial score (nSPS) is 22.6. The van der Waals surface area contributed by atoms with Crippen LogP contribution < -0.4 is 16.0 Å². The lowest BCUT2D eigenvalue weighted by molar-refractivity contribution is -0.128. The molecule has 1 saturated heterocycles. The van der Waals surface area contributed by atoms with E-state index in [4.69, 9.17) is 5.73 Å². The maximum absolute atomic E-state index is 14.0. The first-order chi connectivity index (χ1) is 9.01. The van der Waals surface area contributed by atoms with Crippen molar-refractivity contribution >= 4 is 11.6 Å². The van der Waals surface area contributed by atoms with Crippen molar-refractivity contribution in [2.24, 2.45) is 11.1 Å². The Labute approximate surface area is 112 Å². The van der Waals surface area contributed by atoms with Gasteiger partial charge in [0.2, 0.25) is 5.91 Å². The molecule has 2 rings (SSSR count). The van der Waals surface area contributed by atoms with Crippen LogP contribution in [0.4, 0.5) is 10.1 Å². The van der Waals surface area contributed by atoms with Gasteiger partial charge < -0.3 is 16.0 Å². The number of carbonyl (C=O) groups is 1. The molecule has 0 radical (unpaired) electrons. The highest BCUT2D eigenvalue weighted by molar-refractivity contribution is 5.83. The minimum Gasteiger partial charge on any atom is -0.368 e. The Hall–Kier alpha value is -1.62. The van der Waals surface area contributed by atoms with E-state index in [0.29, 0.717) is 31.7 Å². The van der Waals surface area contributed by atoms with Crippen molar-refractivity contribution in [2.45, 2.75) is 19.9 Å². The van der Waals surface area contributed by atoms with Crippen molar-refractivity contribution < 1.29 is 9.18 Å². The van der Waals surface area contributed by atoms with Gasteiger partial charge in [0.25, 0.3) is 0 Å². The Balaban J connectivity index is 2.29. The Morgan fingerprint density at radius 1 is 1.58 bits per heavy atom. The molecule has 1 aliphatic rings. The van der Waals surface area contributed by atoms with E-state index < -0.39 is 5.41 Å². The zero-order chi connectivity index (χ0) is 14.0. The fourth-order valence-corrected chi connectivity index (χ4v) is 2.72. The molecule has 19 heavy (non-hydrogen) atoms. The van der Waals surface area contributed by atoms with Crippen molar-refractivity contribution in [1.82, 2.24) is 5.32 Å². The summed E-state index contributed by atoms with van der Waals surface area (Å²) >= 11 is 0. The number of para-hydroxylation sites is 1. The van der Waals surface area contributed by atoms with Crippen LogP contribution in [0.3, 0.4) is 0 Å². The predicted molar refractivity (Wildman–Crippen MR) is 73.3 cm³/mol. The molecule has 0 bridgehead atoms. The Morgan fingerprint density at radius 3 is 2.95 bits per heavy atom. The molecule has 0 spiro atoms. The zero-order valence-electron chi connectivity index (χ0n) is 11.4. The second-order valence-corrected chi connectivity index (χ2v) is 5.26. The lowest BCUT2D eigenvalue weighted by atomic mass is 9.89. The largest absolute Gasteiger partial charge is 0.368 e. The van der Waals surface area contributed by atoms with Crippen LogP contribution in [-0.4, -0.2) is 26.0 Å². The molecule has 0 saturated carbocycles. The summed E-state index contributed by atoms with van der Waals surface area (Å²) in [6.45, 7) is 3.38. The van der Waals surface area contributed by atoms with E-state index >= 15 is 0 Å². The van der Waals surface area contributed by atoms with E-state index in [1.807, 2.05) is 17.9 Å². The molecule has 4 nitrogen and oxygen atoms in total. The molecular formula is C14H20FN3O. The number of anilines is 1. The Kier molecular flexibility index (Phi) is 3.75. The smallest absolute Gasteiger partial charge is 0.227 e. The van der Waals surface area contributed by atoms with Crippen LogP contribution >= 0.6 is 0 Å². The second kappa shape index (κ2) is 5.17. The van der Waals surface area contributed by atoms with Gasteiger partial charge in [0.1, 0.15) is 5.82 Å². The minimum atomic E-state index is -0.469. The molecule has 1 unspecified atom stereocenters. The number of hydrogen-bond donors (Lipinski definition) is 2. The third-order valence-corrected chi connectivity index (χ3v) is 3.86. The van der Waals surface area contributed by atoms with Gasteiger partial charge in [-0.15, -0.1) is 0 Å². The average Bonchev–Trinajstić information content (AvgIpc) is 2.80. The monoisotopic (exact) mass is 265 g/mol. The van der Waals surface area contributed by atoms with Gasteiger partial charge in [-0.1, -0.05) is 12.1 Å². The van der Waals surface area contributed by atoms with Crippen molar-refractivity contribution in [3.63, 3.8) is 0 Å².